The highest BCUT2D eigenvalue weighted by molar-refractivity contribution is 7.26. The summed E-state index contributed by atoms with van der Waals surface area (Å²) in [4.78, 5) is 15.9. The van der Waals surface area contributed by atoms with Crippen molar-refractivity contribution in [3.8, 4) is 22.4 Å². The van der Waals surface area contributed by atoms with Crippen LogP contribution in [0.4, 0.5) is 0 Å². The van der Waals surface area contributed by atoms with Crippen molar-refractivity contribution in [2.45, 2.75) is 6.17 Å². The van der Waals surface area contributed by atoms with Crippen molar-refractivity contribution in [1.82, 2.24) is 10.3 Å². The van der Waals surface area contributed by atoms with Crippen molar-refractivity contribution in [2.75, 3.05) is 0 Å². The van der Waals surface area contributed by atoms with E-state index in [2.05, 4.69) is 163 Å². The maximum absolute atomic E-state index is 6.67. The van der Waals surface area contributed by atoms with Crippen LogP contribution in [0.1, 0.15) is 22.9 Å². The minimum atomic E-state index is -0.313. The van der Waals surface area contributed by atoms with E-state index in [1.165, 1.54) is 20.2 Å². The molecule has 5 nitrogen and oxygen atoms in total. The molecule has 1 N–H and O–H groups in total. The zero-order valence-corrected chi connectivity index (χ0v) is 31.9. The predicted octanol–water partition coefficient (Wildman–Crippen LogP) is 13.5. The highest BCUT2D eigenvalue weighted by Crippen LogP contribution is 2.42. The number of furan rings is 1. The lowest BCUT2D eigenvalue weighted by atomic mass is 9.93. The lowest BCUT2D eigenvalue weighted by Crippen LogP contribution is -2.33. The molecule has 1 aliphatic heterocycles. The van der Waals surface area contributed by atoms with E-state index in [9.17, 15) is 0 Å². The van der Waals surface area contributed by atoms with Crippen LogP contribution in [0.2, 0.25) is 0 Å². The molecule has 11 aromatic rings. The number of rotatable bonds is 5. The van der Waals surface area contributed by atoms with Gasteiger partial charge in [-0.25, -0.2) is 15.0 Å². The molecule has 3 aromatic heterocycles. The first kappa shape index (κ1) is 32.8. The van der Waals surface area contributed by atoms with E-state index in [0.29, 0.717) is 5.84 Å². The molecule has 1 unspecified atom stereocenters. The quantitative estimate of drug-likeness (QED) is 0.190. The highest BCUT2D eigenvalue weighted by Gasteiger charge is 2.25. The third-order valence-electron chi connectivity index (χ3n) is 11.3. The fraction of sp³-hybridized carbons (Fsp3) is 0.0192. The number of thiophene rings is 1. The number of nitrogens with one attached hydrogen (secondary N) is 1. The van der Waals surface area contributed by atoms with Crippen LogP contribution in [-0.4, -0.2) is 16.7 Å². The van der Waals surface area contributed by atoms with Crippen molar-refractivity contribution in [2.24, 2.45) is 9.98 Å². The van der Waals surface area contributed by atoms with Gasteiger partial charge in [-0.05, 0) is 69.9 Å². The van der Waals surface area contributed by atoms with Gasteiger partial charge in [0.15, 0.2) is 5.84 Å². The fourth-order valence-electron chi connectivity index (χ4n) is 8.63. The van der Waals surface area contributed by atoms with E-state index >= 15 is 0 Å². The zero-order chi connectivity index (χ0) is 38.2. The molecule has 1 aliphatic rings. The first-order valence-corrected chi connectivity index (χ1v) is 20.3. The molecule has 4 heterocycles. The van der Waals surface area contributed by atoms with Crippen molar-refractivity contribution < 1.29 is 4.42 Å². The van der Waals surface area contributed by atoms with Gasteiger partial charge in [-0.1, -0.05) is 140 Å². The van der Waals surface area contributed by atoms with Gasteiger partial charge in [0.1, 0.15) is 23.2 Å². The average Bonchev–Trinajstić information content (AvgIpc) is 3.88. The second kappa shape index (κ2) is 13.1. The van der Waals surface area contributed by atoms with Crippen LogP contribution in [0.25, 0.3) is 86.2 Å². The van der Waals surface area contributed by atoms with Crippen LogP contribution in [-0.2, 0) is 0 Å². The van der Waals surface area contributed by atoms with Crippen LogP contribution in [0.5, 0.6) is 0 Å². The van der Waals surface area contributed by atoms with Gasteiger partial charge in [0, 0.05) is 47.6 Å². The number of para-hydroxylation sites is 1. The number of benzene rings is 8. The summed E-state index contributed by atoms with van der Waals surface area (Å²) in [6.07, 6.45) is -0.313. The summed E-state index contributed by atoms with van der Waals surface area (Å²) in [6, 6.07) is 63.7. The molecule has 0 bridgehead atoms. The molecule has 0 saturated carbocycles. The second-order valence-corrected chi connectivity index (χ2v) is 15.8. The largest absolute Gasteiger partial charge is 0.455 e. The number of hydrogen-bond donors (Lipinski definition) is 1. The number of aromatic nitrogens is 1. The van der Waals surface area contributed by atoms with E-state index < -0.39 is 0 Å². The topological polar surface area (TPSA) is 62.8 Å². The van der Waals surface area contributed by atoms with Gasteiger partial charge in [-0.2, -0.15) is 0 Å². The number of amidine groups is 2. The molecule has 1 atom stereocenters. The molecule has 6 heteroatoms. The van der Waals surface area contributed by atoms with E-state index in [-0.39, 0.29) is 6.17 Å². The van der Waals surface area contributed by atoms with Crippen molar-refractivity contribution >= 4 is 86.8 Å². The molecule has 58 heavy (non-hydrogen) atoms. The monoisotopic (exact) mass is 760 g/mol. The standard InChI is InChI=1S/C52H32N4OS/c1-3-14-31(15-4-1)47-46-42-30-33(26-29-44(42)57-48(46)40-21-9-11-24-43(40)53-47)34-27-28-39(36-19-8-7-18-35(34)36)51-54-50(32-16-5-2-6-17-32)55-52(56-51)41-23-13-22-38-37-20-10-12-25-45(37)58-49(38)41/h1-30,50H,(H,54,55,56). The van der Waals surface area contributed by atoms with Crippen molar-refractivity contribution in [1.29, 1.82) is 0 Å². The molecule has 0 amide bonds. The van der Waals surface area contributed by atoms with Crippen LogP contribution < -0.4 is 5.32 Å². The molecule has 272 valence electrons. The molecular formula is C52H32N4OS. The van der Waals surface area contributed by atoms with Crippen LogP contribution in [0.3, 0.4) is 0 Å². The van der Waals surface area contributed by atoms with E-state index in [1.54, 1.807) is 0 Å². The summed E-state index contributed by atoms with van der Waals surface area (Å²) >= 11 is 1.81. The molecule has 0 aliphatic carbocycles. The number of hydrogen-bond acceptors (Lipinski definition) is 6. The minimum Gasteiger partial charge on any atom is -0.455 e. The summed E-state index contributed by atoms with van der Waals surface area (Å²) in [5, 5.41) is 11.5. The smallest absolute Gasteiger partial charge is 0.160 e. The van der Waals surface area contributed by atoms with Gasteiger partial charge >= 0.3 is 0 Å². The summed E-state index contributed by atoms with van der Waals surface area (Å²) < 4.78 is 9.14. The Hall–Kier alpha value is -7.41. The fourth-order valence-corrected chi connectivity index (χ4v) is 9.84. The Morgan fingerprint density at radius 1 is 0.517 bits per heavy atom. The SMILES string of the molecule is c1ccc(-c2nc3ccccc3c3oc4ccc(-c5ccc(C6=NC(c7ccccc7)NC(c7cccc8c7sc7ccccc78)=N6)c6ccccc56)cc4c23)cc1. The lowest BCUT2D eigenvalue weighted by molar-refractivity contribution is 0.672. The molecule has 0 spiro atoms. The minimum absolute atomic E-state index is 0.313. The molecule has 0 radical (unpaired) electrons. The number of pyridine rings is 1. The predicted molar refractivity (Wildman–Crippen MR) is 242 cm³/mol. The summed E-state index contributed by atoms with van der Waals surface area (Å²) in [7, 11) is 0. The van der Waals surface area contributed by atoms with Crippen molar-refractivity contribution in [3.63, 3.8) is 0 Å². The van der Waals surface area contributed by atoms with Gasteiger partial charge in [0.25, 0.3) is 0 Å². The number of nitrogens with zero attached hydrogens (tertiary/aromatic N) is 3. The first-order chi connectivity index (χ1) is 28.7. The van der Waals surface area contributed by atoms with Crippen molar-refractivity contribution in [3.05, 3.63) is 199 Å². The van der Waals surface area contributed by atoms with Gasteiger partial charge in [0.2, 0.25) is 0 Å². The molecule has 12 rings (SSSR count). The first-order valence-electron chi connectivity index (χ1n) is 19.5. The maximum Gasteiger partial charge on any atom is 0.160 e. The summed E-state index contributed by atoms with van der Waals surface area (Å²) in [6.45, 7) is 0. The second-order valence-electron chi connectivity index (χ2n) is 14.7. The summed E-state index contributed by atoms with van der Waals surface area (Å²) in [5.41, 5.74) is 9.94. The normalized spacial score (nSPS) is 14.4. The third-order valence-corrected chi connectivity index (χ3v) is 12.6. The number of aliphatic imine (C=N–C) groups is 2. The maximum atomic E-state index is 6.67. The van der Waals surface area contributed by atoms with Gasteiger partial charge < -0.3 is 9.73 Å². The molecular weight excluding hydrogens is 729 g/mol. The van der Waals surface area contributed by atoms with Crippen LogP contribution in [0, 0.1) is 0 Å². The third kappa shape index (κ3) is 5.19. The summed E-state index contributed by atoms with van der Waals surface area (Å²) in [5.74, 6) is 1.52. The van der Waals surface area contributed by atoms with E-state index in [4.69, 9.17) is 19.4 Å². The van der Waals surface area contributed by atoms with Crippen LogP contribution in [0.15, 0.2) is 196 Å². The average molecular weight is 761 g/mol. The van der Waals surface area contributed by atoms with E-state index in [1.807, 2.05) is 35.6 Å². The Labute approximate surface area is 337 Å². The zero-order valence-electron chi connectivity index (χ0n) is 31.1. The molecule has 0 fully saturated rings. The Morgan fingerprint density at radius 2 is 1.21 bits per heavy atom. The van der Waals surface area contributed by atoms with E-state index in [0.717, 1.165) is 88.5 Å². The molecule has 0 saturated heterocycles. The Bertz CT molecular complexity index is 3490. The van der Waals surface area contributed by atoms with Gasteiger partial charge in [-0.15, -0.1) is 11.3 Å². The Balaban J connectivity index is 1.04. The molecule has 8 aromatic carbocycles. The Morgan fingerprint density at radius 3 is 2.05 bits per heavy atom. The van der Waals surface area contributed by atoms with Gasteiger partial charge in [-0.3, -0.25) is 0 Å². The highest BCUT2D eigenvalue weighted by atomic mass is 32.1. The van der Waals surface area contributed by atoms with Crippen LogP contribution >= 0.6 is 11.3 Å². The Kier molecular flexibility index (Phi) is 7.40. The lowest BCUT2D eigenvalue weighted by Gasteiger charge is -2.24. The van der Waals surface area contributed by atoms with Gasteiger partial charge in [0.05, 0.1) is 16.6 Å². The number of fused-ring (bicyclic) bond motifs is 9.